The zero-order chi connectivity index (χ0) is 14.7. The Balaban J connectivity index is 2.20. The average Bonchev–Trinajstić information content (AvgIpc) is 2.72. The van der Waals surface area contributed by atoms with Gasteiger partial charge in [0, 0.05) is 13.1 Å². The first kappa shape index (κ1) is 14.8. The third-order valence-corrected chi connectivity index (χ3v) is 3.57. The Labute approximate surface area is 120 Å². The van der Waals surface area contributed by atoms with E-state index < -0.39 is 0 Å². The number of likely N-dealkylation sites (N-methyl/N-ethyl adjacent to an activating group) is 1. The molecule has 0 spiro atoms. The van der Waals surface area contributed by atoms with Crippen molar-refractivity contribution in [3.63, 3.8) is 0 Å². The lowest BCUT2D eigenvalue weighted by atomic mass is 10.1. The summed E-state index contributed by atoms with van der Waals surface area (Å²) in [7, 11) is 5.68. The number of carbonyl (C=O) groups excluding carboxylic acids is 1. The van der Waals surface area contributed by atoms with Crippen LogP contribution in [-0.4, -0.2) is 56.0 Å². The van der Waals surface area contributed by atoms with E-state index in [0.717, 1.165) is 17.9 Å². The highest BCUT2D eigenvalue weighted by Crippen LogP contribution is 2.27. The molecule has 0 aromatic heterocycles. The molecule has 1 amide bonds. The molecule has 1 fully saturated rings. The van der Waals surface area contributed by atoms with Crippen LogP contribution < -0.4 is 10.1 Å². The van der Waals surface area contributed by atoms with Gasteiger partial charge in [0.1, 0.15) is 11.9 Å². The van der Waals surface area contributed by atoms with Crippen molar-refractivity contribution in [2.75, 3.05) is 34.3 Å². The maximum atomic E-state index is 12.3. The first-order valence-corrected chi connectivity index (χ1v) is 6.88. The van der Waals surface area contributed by atoms with Crippen LogP contribution in [0.1, 0.15) is 18.7 Å². The molecule has 1 N–H and O–H groups in total. The number of hydrogen-bond acceptors (Lipinski definition) is 4. The van der Waals surface area contributed by atoms with Gasteiger partial charge in [0.05, 0.1) is 13.2 Å². The Morgan fingerprint density at radius 3 is 2.80 bits per heavy atom. The van der Waals surface area contributed by atoms with Gasteiger partial charge in [-0.2, -0.15) is 0 Å². The molecule has 2 atom stereocenters. The zero-order valence-electron chi connectivity index (χ0n) is 12.6. The summed E-state index contributed by atoms with van der Waals surface area (Å²) < 4.78 is 5.26. The summed E-state index contributed by atoms with van der Waals surface area (Å²) in [6, 6.07) is 7.72. The molecule has 0 aliphatic carbocycles. The highest BCUT2D eigenvalue weighted by atomic mass is 16.5. The van der Waals surface area contributed by atoms with Crippen LogP contribution in [-0.2, 0) is 4.79 Å². The maximum absolute atomic E-state index is 12.3. The molecule has 5 nitrogen and oxygen atoms in total. The van der Waals surface area contributed by atoms with Crippen LogP contribution in [0.25, 0.3) is 0 Å². The first-order valence-electron chi connectivity index (χ1n) is 6.88. The number of rotatable bonds is 5. The molecule has 0 saturated carbocycles. The lowest BCUT2D eigenvalue weighted by Gasteiger charge is -2.26. The summed E-state index contributed by atoms with van der Waals surface area (Å²) in [6.45, 7) is 3.47. The molecule has 0 bridgehead atoms. The van der Waals surface area contributed by atoms with Crippen molar-refractivity contribution in [2.24, 2.45) is 0 Å². The smallest absolute Gasteiger partial charge is 0.241 e. The van der Waals surface area contributed by atoms with Crippen LogP contribution in [0.15, 0.2) is 24.3 Å². The SMILES string of the molecule is COc1cccc(C2NC(C)C(=O)N2CCN(C)C)c1. The monoisotopic (exact) mass is 277 g/mol. The second kappa shape index (κ2) is 6.24. The summed E-state index contributed by atoms with van der Waals surface area (Å²) >= 11 is 0. The van der Waals surface area contributed by atoms with E-state index in [1.807, 2.05) is 50.2 Å². The van der Waals surface area contributed by atoms with E-state index in [9.17, 15) is 4.79 Å². The predicted octanol–water partition coefficient (Wildman–Crippen LogP) is 1.08. The van der Waals surface area contributed by atoms with E-state index in [4.69, 9.17) is 4.74 Å². The summed E-state index contributed by atoms with van der Waals surface area (Å²) in [5, 5.41) is 3.35. The van der Waals surface area contributed by atoms with Crippen LogP contribution in [0.2, 0.25) is 0 Å². The van der Waals surface area contributed by atoms with Crippen molar-refractivity contribution >= 4 is 5.91 Å². The van der Waals surface area contributed by atoms with Gasteiger partial charge in [-0.05, 0) is 38.7 Å². The summed E-state index contributed by atoms with van der Waals surface area (Å²) in [4.78, 5) is 16.3. The molecule has 1 saturated heterocycles. The topological polar surface area (TPSA) is 44.8 Å². The number of ether oxygens (including phenoxy) is 1. The quantitative estimate of drug-likeness (QED) is 0.874. The fourth-order valence-electron chi connectivity index (χ4n) is 2.41. The normalized spacial score (nSPS) is 22.6. The molecule has 1 aliphatic rings. The van der Waals surface area contributed by atoms with E-state index in [-0.39, 0.29) is 18.1 Å². The van der Waals surface area contributed by atoms with Gasteiger partial charge in [0.2, 0.25) is 5.91 Å². The summed E-state index contributed by atoms with van der Waals surface area (Å²) in [5.41, 5.74) is 1.06. The molecule has 2 unspecified atom stereocenters. The third kappa shape index (κ3) is 3.11. The van der Waals surface area contributed by atoms with Gasteiger partial charge >= 0.3 is 0 Å². The molecule has 110 valence electrons. The first-order chi connectivity index (χ1) is 9.52. The Morgan fingerprint density at radius 2 is 2.15 bits per heavy atom. The number of carbonyl (C=O) groups is 1. The Kier molecular flexibility index (Phi) is 4.62. The molecule has 0 radical (unpaired) electrons. The minimum Gasteiger partial charge on any atom is -0.497 e. The van der Waals surface area contributed by atoms with Crippen molar-refractivity contribution in [2.45, 2.75) is 19.1 Å². The van der Waals surface area contributed by atoms with Crippen molar-refractivity contribution in [3.8, 4) is 5.75 Å². The Bertz CT molecular complexity index is 476. The van der Waals surface area contributed by atoms with E-state index in [0.29, 0.717) is 6.54 Å². The van der Waals surface area contributed by atoms with Crippen LogP contribution in [0.5, 0.6) is 5.75 Å². The number of nitrogens with one attached hydrogen (secondary N) is 1. The standard InChI is InChI=1S/C15H23N3O2/c1-11-15(19)18(9-8-17(2)3)14(16-11)12-6-5-7-13(10-12)20-4/h5-7,10-11,14,16H,8-9H2,1-4H3. The van der Waals surface area contributed by atoms with Gasteiger partial charge < -0.3 is 14.5 Å². The number of hydrogen-bond donors (Lipinski definition) is 1. The molecule has 1 aromatic carbocycles. The summed E-state index contributed by atoms with van der Waals surface area (Å²) in [5.74, 6) is 0.962. The van der Waals surface area contributed by atoms with E-state index in [1.165, 1.54) is 0 Å². The van der Waals surface area contributed by atoms with Crippen LogP contribution in [0.4, 0.5) is 0 Å². The molecule has 1 aromatic rings. The lowest BCUT2D eigenvalue weighted by Crippen LogP contribution is -2.36. The fourth-order valence-corrected chi connectivity index (χ4v) is 2.41. The largest absolute Gasteiger partial charge is 0.497 e. The van der Waals surface area contributed by atoms with Crippen molar-refractivity contribution < 1.29 is 9.53 Å². The number of methoxy groups -OCH3 is 1. The Morgan fingerprint density at radius 1 is 1.40 bits per heavy atom. The molecule has 2 rings (SSSR count). The summed E-state index contributed by atoms with van der Waals surface area (Å²) in [6.07, 6.45) is -0.0763. The number of benzene rings is 1. The molecule has 1 aliphatic heterocycles. The van der Waals surface area contributed by atoms with Crippen LogP contribution in [0.3, 0.4) is 0 Å². The lowest BCUT2D eigenvalue weighted by molar-refractivity contribution is -0.130. The van der Waals surface area contributed by atoms with E-state index >= 15 is 0 Å². The molecular weight excluding hydrogens is 254 g/mol. The second-order valence-electron chi connectivity index (χ2n) is 5.40. The van der Waals surface area contributed by atoms with Crippen molar-refractivity contribution in [1.29, 1.82) is 0 Å². The van der Waals surface area contributed by atoms with E-state index in [2.05, 4.69) is 10.2 Å². The van der Waals surface area contributed by atoms with Gasteiger partial charge in [-0.3, -0.25) is 10.1 Å². The maximum Gasteiger partial charge on any atom is 0.241 e. The van der Waals surface area contributed by atoms with Gasteiger partial charge in [0.15, 0.2) is 0 Å². The second-order valence-corrected chi connectivity index (χ2v) is 5.40. The minimum absolute atomic E-state index is 0.0763. The zero-order valence-corrected chi connectivity index (χ0v) is 12.6. The predicted molar refractivity (Wildman–Crippen MR) is 78.6 cm³/mol. The average molecular weight is 277 g/mol. The van der Waals surface area contributed by atoms with Gasteiger partial charge in [-0.1, -0.05) is 12.1 Å². The van der Waals surface area contributed by atoms with Crippen LogP contribution >= 0.6 is 0 Å². The van der Waals surface area contributed by atoms with Gasteiger partial charge in [0.25, 0.3) is 0 Å². The molecular formula is C15H23N3O2. The number of amides is 1. The minimum atomic E-state index is -0.145. The third-order valence-electron chi connectivity index (χ3n) is 3.57. The Hall–Kier alpha value is -1.59. The number of nitrogens with zero attached hydrogens (tertiary/aromatic N) is 2. The van der Waals surface area contributed by atoms with Crippen molar-refractivity contribution in [3.05, 3.63) is 29.8 Å². The van der Waals surface area contributed by atoms with Crippen LogP contribution in [0, 0.1) is 0 Å². The highest BCUT2D eigenvalue weighted by Gasteiger charge is 2.36. The van der Waals surface area contributed by atoms with Gasteiger partial charge in [-0.25, -0.2) is 0 Å². The van der Waals surface area contributed by atoms with Crippen molar-refractivity contribution in [1.82, 2.24) is 15.1 Å². The molecule has 20 heavy (non-hydrogen) atoms. The van der Waals surface area contributed by atoms with E-state index in [1.54, 1.807) is 7.11 Å². The van der Waals surface area contributed by atoms with Gasteiger partial charge in [-0.15, -0.1) is 0 Å². The highest BCUT2D eigenvalue weighted by molar-refractivity contribution is 5.84. The molecule has 5 heteroatoms. The molecule has 1 heterocycles. The fraction of sp³-hybridized carbons (Fsp3) is 0.533.